The quantitative estimate of drug-likeness (QED) is 0.768. The number of ether oxygens (including phenoxy) is 1. The average Bonchev–Trinajstić information content (AvgIpc) is 3.20. The number of fused-ring (bicyclic) bond motifs is 1. The molecule has 24 heavy (non-hydrogen) atoms. The van der Waals surface area contributed by atoms with E-state index in [1.165, 1.54) is 0 Å². The number of H-pyrrole nitrogens is 1. The molecular weight excluding hydrogens is 304 g/mol. The van der Waals surface area contributed by atoms with Crippen LogP contribution in [-0.4, -0.2) is 29.2 Å². The highest BCUT2D eigenvalue weighted by Crippen LogP contribution is 2.25. The smallest absolute Gasteiger partial charge is 0.414 e. The highest BCUT2D eigenvalue weighted by molar-refractivity contribution is 5.89. The summed E-state index contributed by atoms with van der Waals surface area (Å²) in [5, 5.41) is 3.38. The van der Waals surface area contributed by atoms with E-state index >= 15 is 0 Å². The van der Waals surface area contributed by atoms with E-state index in [1.807, 2.05) is 48.5 Å². The molecule has 0 saturated carbocycles. The molecule has 3 aromatic rings. The van der Waals surface area contributed by atoms with Gasteiger partial charge in [-0.05, 0) is 36.8 Å². The number of aromatic amines is 1. The Morgan fingerprint density at radius 1 is 1.25 bits per heavy atom. The minimum absolute atomic E-state index is 0.0455. The molecule has 6 heteroatoms. The van der Waals surface area contributed by atoms with E-state index in [9.17, 15) is 4.79 Å². The zero-order chi connectivity index (χ0) is 16.5. The number of carbonyl (C=O) groups excluding carboxylic acids is 1. The lowest BCUT2D eigenvalue weighted by atomic mass is 10.1. The van der Waals surface area contributed by atoms with Crippen molar-refractivity contribution in [3.63, 3.8) is 0 Å². The molecule has 1 atom stereocenters. The van der Waals surface area contributed by atoms with Gasteiger partial charge in [-0.3, -0.25) is 4.90 Å². The van der Waals surface area contributed by atoms with Crippen LogP contribution in [0.15, 0.2) is 48.5 Å². The maximum absolute atomic E-state index is 11.7. The van der Waals surface area contributed by atoms with Gasteiger partial charge in [0.1, 0.15) is 6.61 Å². The fraction of sp³-hybridized carbons (Fsp3) is 0.222. The Kier molecular flexibility index (Phi) is 3.57. The third kappa shape index (κ3) is 2.67. The van der Waals surface area contributed by atoms with E-state index in [4.69, 9.17) is 4.74 Å². The van der Waals surface area contributed by atoms with Gasteiger partial charge in [0.05, 0.1) is 23.6 Å². The topological polar surface area (TPSA) is 70.2 Å². The van der Waals surface area contributed by atoms with Crippen molar-refractivity contribution in [1.29, 1.82) is 0 Å². The summed E-state index contributed by atoms with van der Waals surface area (Å²) in [4.78, 5) is 21.2. The number of amides is 1. The number of aromatic nitrogens is 2. The fourth-order valence-electron chi connectivity index (χ4n) is 2.90. The number of para-hydroxylation sites is 2. The first-order chi connectivity index (χ1) is 11.7. The Labute approximate surface area is 139 Å². The number of rotatable bonds is 4. The van der Waals surface area contributed by atoms with Crippen LogP contribution in [0, 0.1) is 0 Å². The number of imidazole rings is 1. The van der Waals surface area contributed by atoms with Crippen LogP contribution in [0.4, 0.5) is 16.4 Å². The van der Waals surface area contributed by atoms with E-state index in [1.54, 1.807) is 4.90 Å². The molecule has 1 aliphatic rings. The molecule has 1 unspecified atom stereocenters. The predicted octanol–water partition coefficient (Wildman–Crippen LogP) is 3.69. The van der Waals surface area contributed by atoms with Crippen molar-refractivity contribution in [2.75, 3.05) is 23.4 Å². The summed E-state index contributed by atoms with van der Waals surface area (Å²) < 4.78 is 5.01. The van der Waals surface area contributed by atoms with Crippen LogP contribution in [0.25, 0.3) is 11.0 Å². The van der Waals surface area contributed by atoms with Gasteiger partial charge >= 0.3 is 6.09 Å². The third-order valence-electron chi connectivity index (χ3n) is 4.19. The molecule has 1 fully saturated rings. The molecular formula is C18H18N4O2. The fourth-order valence-corrected chi connectivity index (χ4v) is 2.90. The number of carbonyl (C=O) groups is 1. The number of nitrogens with one attached hydrogen (secondary N) is 2. The second-order valence-electron chi connectivity index (χ2n) is 5.83. The number of cyclic esters (lactones) is 1. The van der Waals surface area contributed by atoms with Gasteiger partial charge in [-0.2, -0.15) is 0 Å². The van der Waals surface area contributed by atoms with Gasteiger partial charge in [0.2, 0.25) is 5.95 Å². The first-order valence-electron chi connectivity index (χ1n) is 7.96. The Morgan fingerprint density at radius 2 is 2.12 bits per heavy atom. The molecule has 1 aliphatic heterocycles. The van der Waals surface area contributed by atoms with Crippen molar-refractivity contribution in [1.82, 2.24) is 9.97 Å². The van der Waals surface area contributed by atoms with Gasteiger partial charge < -0.3 is 15.0 Å². The Morgan fingerprint density at radius 3 is 2.92 bits per heavy atom. The second kappa shape index (κ2) is 5.88. The van der Waals surface area contributed by atoms with Crippen molar-refractivity contribution in [2.24, 2.45) is 0 Å². The highest BCUT2D eigenvalue weighted by Gasteiger charge is 2.24. The zero-order valence-electron chi connectivity index (χ0n) is 13.3. The molecule has 4 rings (SSSR count). The lowest BCUT2D eigenvalue weighted by Gasteiger charge is -2.17. The van der Waals surface area contributed by atoms with Crippen molar-refractivity contribution in [2.45, 2.75) is 13.0 Å². The van der Waals surface area contributed by atoms with Gasteiger partial charge in [0, 0.05) is 5.69 Å². The molecule has 122 valence electrons. The maximum atomic E-state index is 11.7. The van der Waals surface area contributed by atoms with Crippen molar-refractivity contribution in [3.8, 4) is 0 Å². The number of nitrogens with zero attached hydrogens (tertiary/aromatic N) is 2. The molecule has 1 amide bonds. The van der Waals surface area contributed by atoms with Crippen molar-refractivity contribution >= 4 is 28.8 Å². The van der Waals surface area contributed by atoms with Crippen molar-refractivity contribution in [3.05, 3.63) is 54.1 Å². The van der Waals surface area contributed by atoms with E-state index in [2.05, 4.69) is 22.2 Å². The average molecular weight is 322 g/mol. The van der Waals surface area contributed by atoms with Crippen LogP contribution in [0.5, 0.6) is 0 Å². The van der Waals surface area contributed by atoms with Gasteiger partial charge in [-0.15, -0.1) is 0 Å². The van der Waals surface area contributed by atoms with Gasteiger partial charge in [-0.25, -0.2) is 9.78 Å². The standard InChI is InChI=1S/C18H18N4O2/c1-12(19-17-20-15-7-2-3-8-16(15)21-17)13-5-4-6-14(11-13)22-9-10-24-18(22)23/h2-8,11-12H,9-10H2,1H3,(H2,19,20,21). The minimum atomic E-state index is -0.287. The molecule has 6 nitrogen and oxygen atoms in total. The van der Waals surface area contributed by atoms with Crippen LogP contribution in [0.3, 0.4) is 0 Å². The van der Waals surface area contributed by atoms with Crippen LogP contribution < -0.4 is 10.2 Å². The molecule has 1 saturated heterocycles. The molecule has 0 bridgehead atoms. The van der Waals surface area contributed by atoms with Gasteiger partial charge in [0.15, 0.2) is 0 Å². The summed E-state index contributed by atoms with van der Waals surface area (Å²) >= 11 is 0. The Balaban J connectivity index is 1.55. The molecule has 0 spiro atoms. The SMILES string of the molecule is CC(Nc1nc2ccccc2[nH]1)c1cccc(N2CCOC2=O)c1. The molecule has 2 heterocycles. The lowest BCUT2D eigenvalue weighted by molar-refractivity contribution is 0.181. The van der Waals surface area contributed by atoms with E-state index < -0.39 is 0 Å². The third-order valence-corrected chi connectivity index (χ3v) is 4.19. The molecule has 1 aromatic heterocycles. The molecule has 2 N–H and O–H groups in total. The normalized spacial score (nSPS) is 15.5. The molecule has 0 aliphatic carbocycles. The highest BCUT2D eigenvalue weighted by atomic mass is 16.6. The maximum Gasteiger partial charge on any atom is 0.414 e. The largest absolute Gasteiger partial charge is 0.447 e. The first-order valence-corrected chi connectivity index (χ1v) is 7.96. The Bertz CT molecular complexity index is 856. The number of benzene rings is 2. The van der Waals surface area contributed by atoms with E-state index in [0.717, 1.165) is 28.2 Å². The summed E-state index contributed by atoms with van der Waals surface area (Å²) in [5.41, 5.74) is 3.86. The number of hydrogen-bond acceptors (Lipinski definition) is 4. The monoisotopic (exact) mass is 322 g/mol. The van der Waals surface area contributed by atoms with E-state index in [0.29, 0.717) is 13.2 Å². The van der Waals surface area contributed by atoms with Crippen molar-refractivity contribution < 1.29 is 9.53 Å². The van der Waals surface area contributed by atoms with Crippen LogP contribution in [-0.2, 0) is 4.74 Å². The summed E-state index contributed by atoms with van der Waals surface area (Å²) in [7, 11) is 0. The predicted molar refractivity (Wildman–Crippen MR) is 93.3 cm³/mol. The summed E-state index contributed by atoms with van der Waals surface area (Å²) in [6.07, 6.45) is -0.287. The van der Waals surface area contributed by atoms with Crippen LogP contribution >= 0.6 is 0 Å². The first kappa shape index (κ1) is 14.6. The summed E-state index contributed by atoms with van der Waals surface area (Å²) in [6.45, 7) is 3.10. The van der Waals surface area contributed by atoms with Gasteiger partial charge in [-0.1, -0.05) is 24.3 Å². The van der Waals surface area contributed by atoms with Crippen LogP contribution in [0.1, 0.15) is 18.5 Å². The van der Waals surface area contributed by atoms with Crippen LogP contribution in [0.2, 0.25) is 0 Å². The lowest BCUT2D eigenvalue weighted by Crippen LogP contribution is -2.23. The summed E-state index contributed by atoms with van der Waals surface area (Å²) in [6, 6.07) is 15.9. The minimum Gasteiger partial charge on any atom is -0.447 e. The molecule has 0 radical (unpaired) electrons. The Hall–Kier alpha value is -3.02. The van der Waals surface area contributed by atoms with Gasteiger partial charge in [0.25, 0.3) is 0 Å². The number of anilines is 2. The molecule has 2 aromatic carbocycles. The number of hydrogen-bond donors (Lipinski definition) is 2. The summed E-state index contributed by atoms with van der Waals surface area (Å²) in [5.74, 6) is 0.731. The van der Waals surface area contributed by atoms with E-state index in [-0.39, 0.29) is 12.1 Å². The zero-order valence-corrected chi connectivity index (χ0v) is 13.3. The second-order valence-corrected chi connectivity index (χ2v) is 5.83.